The second kappa shape index (κ2) is 2.31. The van der Waals surface area contributed by atoms with Crippen molar-refractivity contribution in [2.24, 2.45) is 0 Å². The first-order chi connectivity index (χ1) is 5.29. The molecule has 0 unspecified atom stereocenters. The van der Waals surface area contributed by atoms with Gasteiger partial charge in [-0.1, -0.05) is 23.1 Å². The lowest BCUT2D eigenvalue weighted by Gasteiger charge is -1.96. The maximum absolute atomic E-state index is 5.88. The molecule has 0 fully saturated rings. The molecule has 0 aliphatic heterocycles. The molecule has 0 saturated heterocycles. The maximum Gasteiger partial charge on any atom is 0.114 e. The average molecular weight is 161 g/mol. The van der Waals surface area contributed by atoms with E-state index in [1.54, 1.807) is 12.1 Å². The molecule has 0 aliphatic rings. The molecule has 0 bridgehead atoms. The smallest absolute Gasteiger partial charge is 0.114 e. The van der Waals surface area contributed by atoms with E-state index in [1.807, 2.05) is 12.3 Å². The van der Waals surface area contributed by atoms with E-state index in [4.69, 9.17) is 19.4 Å². The molecule has 1 aromatic carbocycles. The van der Waals surface area contributed by atoms with Crippen molar-refractivity contribution in [2.45, 2.75) is 0 Å². The fourth-order valence-electron chi connectivity index (χ4n) is 1.14. The number of nitrogens with one attached hydrogen (secondary N) is 1. The minimum absolute atomic E-state index is 0.708. The number of fused-ring (bicyclic) bond motifs is 1. The quantitative estimate of drug-likeness (QED) is 0.565. The predicted octanol–water partition coefficient (Wildman–Crippen LogP) is 1.62. The summed E-state index contributed by atoms with van der Waals surface area (Å²) in [6.45, 7) is 0. The van der Waals surface area contributed by atoms with Gasteiger partial charge in [-0.05, 0) is 17.5 Å². The monoisotopic (exact) mass is 161 g/mol. The predicted molar refractivity (Wildman–Crippen MR) is 48.7 cm³/mol. The highest BCUT2D eigenvalue weighted by Gasteiger charge is 2.00. The summed E-state index contributed by atoms with van der Waals surface area (Å²) in [7, 11) is 5.69. The van der Waals surface area contributed by atoms with Gasteiger partial charge in [-0.3, -0.25) is 0 Å². The van der Waals surface area contributed by atoms with Gasteiger partial charge in [0.2, 0.25) is 0 Å². The van der Waals surface area contributed by atoms with Crippen LogP contribution in [0.5, 0.6) is 0 Å². The molecule has 1 nitrogen and oxygen atoms in total. The van der Waals surface area contributed by atoms with E-state index in [9.17, 15) is 0 Å². The Balaban J connectivity index is 2.96. The Morgan fingerprint density at radius 2 is 2.09 bits per heavy atom. The minimum Gasteiger partial charge on any atom is -0.360 e. The molecule has 2 radical (unpaired) electrons. The maximum atomic E-state index is 5.88. The van der Waals surface area contributed by atoms with E-state index in [0.717, 1.165) is 16.4 Å². The SMILES string of the molecule is [B]c1ccc(Cl)c2[nH]ccc12. The van der Waals surface area contributed by atoms with Crippen LogP contribution >= 0.6 is 11.6 Å². The number of rotatable bonds is 0. The Bertz CT molecular complexity index is 358. The Hall–Kier alpha value is -0.885. The summed E-state index contributed by atoms with van der Waals surface area (Å²) in [5.41, 5.74) is 1.66. The molecular formula is C8H5BClN. The molecule has 3 heteroatoms. The number of hydrogen-bond acceptors (Lipinski definition) is 0. The first-order valence-electron chi connectivity index (χ1n) is 3.30. The molecule has 2 aromatic rings. The van der Waals surface area contributed by atoms with Crippen LogP contribution in [-0.4, -0.2) is 12.8 Å². The fraction of sp³-hybridized carbons (Fsp3) is 0. The molecule has 0 amide bonds. The lowest BCUT2D eigenvalue weighted by atomic mass is 9.93. The topological polar surface area (TPSA) is 15.8 Å². The van der Waals surface area contributed by atoms with Crippen molar-refractivity contribution < 1.29 is 0 Å². The Kier molecular flexibility index (Phi) is 1.43. The first kappa shape index (κ1) is 6.80. The van der Waals surface area contributed by atoms with Crippen LogP contribution < -0.4 is 5.46 Å². The zero-order valence-electron chi connectivity index (χ0n) is 5.76. The molecule has 0 atom stereocenters. The zero-order valence-corrected chi connectivity index (χ0v) is 6.52. The van der Waals surface area contributed by atoms with Crippen molar-refractivity contribution in [1.29, 1.82) is 0 Å². The van der Waals surface area contributed by atoms with Crippen LogP contribution in [0.4, 0.5) is 0 Å². The van der Waals surface area contributed by atoms with E-state index >= 15 is 0 Å². The second-order valence-corrected chi connectivity index (χ2v) is 2.81. The Morgan fingerprint density at radius 1 is 1.27 bits per heavy atom. The number of benzene rings is 1. The number of halogens is 1. The summed E-state index contributed by atoms with van der Waals surface area (Å²) in [5, 5.41) is 1.69. The summed E-state index contributed by atoms with van der Waals surface area (Å²) < 4.78 is 0. The highest BCUT2D eigenvalue weighted by molar-refractivity contribution is 6.42. The number of aromatic nitrogens is 1. The molecule has 0 aliphatic carbocycles. The molecule has 0 spiro atoms. The van der Waals surface area contributed by atoms with Crippen LogP contribution in [0.15, 0.2) is 24.4 Å². The fourth-order valence-corrected chi connectivity index (χ4v) is 1.36. The van der Waals surface area contributed by atoms with Crippen molar-refractivity contribution in [1.82, 2.24) is 4.98 Å². The van der Waals surface area contributed by atoms with Gasteiger partial charge in [0.05, 0.1) is 10.5 Å². The van der Waals surface area contributed by atoms with Gasteiger partial charge < -0.3 is 4.98 Å². The Labute approximate surface area is 70.8 Å². The summed E-state index contributed by atoms with van der Waals surface area (Å²) in [5.74, 6) is 0. The molecule has 2 rings (SSSR count). The van der Waals surface area contributed by atoms with E-state index in [1.165, 1.54) is 0 Å². The van der Waals surface area contributed by atoms with E-state index < -0.39 is 0 Å². The third kappa shape index (κ3) is 0.943. The van der Waals surface area contributed by atoms with Gasteiger partial charge in [0.25, 0.3) is 0 Å². The number of aromatic amines is 1. The van der Waals surface area contributed by atoms with E-state index in [-0.39, 0.29) is 0 Å². The van der Waals surface area contributed by atoms with Crippen molar-refractivity contribution >= 4 is 35.8 Å². The second-order valence-electron chi connectivity index (χ2n) is 2.40. The van der Waals surface area contributed by atoms with Crippen LogP contribution in [0.3, 0.4) is 0 Å². The van der Waals surface area contributed by atoms with Gasteiger partial charge in [0, 0.05) is 6.20 Å². The highest BCUT2D eigenvalue weighted by Crippen LogP contribution is 2.18. The van der Waals surface area contributed by atoms with Crippen molar-refractivity contribution in [3.05, 3.63) is 29.4 Å². The molecule has 11 heavy (non-hydrogen) atoms. The van der Waals surface area contributed by atoms with E-state index in [2.05, 4.69) is 4.98 Å². The average Bonchev–Trinajstić information content (AvgIpc) is 2.45. The third-order valence-electron chi connectivity index (χ3n) is 1.71. The summed E-state index contributed by atoms with van der Waals surface area (Å²) in [6, 6.07) is 5.50. The van der Waals surface area contributed by atoms with Crippen molar-refractivity contribution in [3.8, 4) is 0 Å². The molecule has 52 valence electrons. The number of hydrogen-bond donors (Lipinski definition) is 1. The van der Waals surface area contributed by atoms with Gasteiger partial charge >= 0.3 is 0 Å². The van der Waals surface area contributed by atoms with Gasteiger partial charge in [0.15, 0.2) is 0 Å². The summed E-state index contributed by atoms with van der Waals surface area (Å²) in [4.78, 5) is 3.02. The van der Waals surface area contributed by atoms with Crippen LogP contribution in [0.2, 0.25) is 5.02 Å². The minimum atomic E-state index is 0.708. The van der Waals surface area contributed by atoms with Gasteiger partial charge in [-0.15, -0.1) is 0 Å². The molecule has 1 heterocycles. The molecular weight excluding hydrogens is 156 g/mol. The molecule has 1 aromatic heterocycles. The Morgan fingerprint density at radius 3 is 2.82 bits per heavy atom. The van der Waals surface area contributed by atoms with Crippen LogP contribution in [0, 0.1) is 0 Å². The van der Waals surface area contributed by atoms with Crippen LogP contribution in [-0.2, 0) is 0 Å². The van der Waals surface area contributed by atoms with Gasteiger partial charge in [0.1, 0.15) is 7.85 Å². The standard InChI is InChI=1S/C8H5BClN/c9-6-1-2-7(10)8-5(6)3-4-11-8/h1-4,11H. The van der Waals surface area contributed by atoms with Crippen molar-refractivity contribution in [2.75, 3.05) is 0 Å². The van der Waals surface area contributed by atoms with Crippen LogP contribution in [0.25, 0.3) is 10.9 Å². The highest BCUT2D eigenvalue weighted by atomic mass is 35.5. The normalized spacial score (nSPS) is 10.6. The largest absolute Gasteiger partial charge is 0.360 e. The first-order valence-corrected chi connectivity index (χ1v) is 3.68. The van der Waals surface area contributed by atoms with Gasteiger partial charge in [-0.25, -0.2) is 0 Å². The van der Waals surface area contributed by atoms with E-state index in [0.29, 0.717) is 5.02 Å². The molecule has 1 N–H and O–H groups in total. The lowest BCUT2D eigenvalue weighted by molar-refractivity contribution is 1.48. The third-order valence-corrected chi connectivity index (χ3v) is 2.02. The lowest BCUT2D eigenvalue weighted by Crippen LogP contribution is -2.01. The number of H-pyrrole nitrogens is 1. The molecule has 0 saturated carbocycles. The summed E-state index contributed by atoms with van der Waals surface area (Å²) >= 11 is 5.88. The summed E-state index contributed by atoms with van der Waals surface area (Å²) in [6.07, 6.45) is 1.83. The van der Waals surface area contributed by atoms with Crippen LogP contribution in [0.1, 0.15) is 0 Å². The zero-order chi connectivity index (χ0) is 7.84. The van der Waals surface area contributed by atoms with Crippen molar-refractivity contribution in [3.63, 3.8) is 0 Å². The van der Waals surface area contributed by atoms with Gasteiger partial charge in [-0.2, -0.15) is 0 Å².